The van der Waals surface area contributed by atoms with Crippen LogP contribution in [0.15, 0.2) is 42.5 Å². The highest BCUT2D eigenvalue weighted by atomic mass is 35.5. The molecule has 0 fully saturated rings. The van der Waals surface area contributed by atoms with Crippen molar-refractivity contribution in [2.45, 2.75) is 0 Å². The number of ether oxygens (including phenoxy) is 1. The van der Waals surface area contributed by atoms with Crippen LogP contribution in [0.1, 0.15) is 0 Å². The van der Waals surface area contributed by atoms with Gasteiger partial charge in [-0.3, -0.25) is 0 Å². The molecule has 82 valence electrons. The zero-order chi connectivity index (χ0) is 11.5. The van der Waals surface area contributed by atoms with E-state index < -0.39 is 0 Å². The van der Waals surface area contributed by atoms with Gasteiger partial charge in [-0.25, -0.2) is 4.39 Å². The van der Waals surface area contributed by atoms with E-state index in [0.29, 0.717) is 16.5 Å². The Balaban J connectivity index is 2.23. The van der Waals surface area contributed by atoms with Crippen molar-refractivity contribution in [3.05, 3.63) is 53.3 Å². The molecule has 0 saturated heterocycles. The molecule has 0 saturated carbocycles. The van der Waals surface area contributed by atoms with Crippen LogP contribution in [0.4, 0.5) is 10.1 Å². The normalized spacial score (nSPS) is 10.2. The first-order valence-electron chi connectivity index (χ1n) is 4.70. The number of quaternary nitrogens is 1. The van der Waals surface area contributed by atoms with E-state index in [9.17, 15) is 4.39 Å². The zero-order valence-electron chi connectivity index (χ0n) is 8.41. The van der Waals surface area contributed by atoms with Gasteiger partial charge in [-0.1, -0.05) is 11.6 Å². The van der Waals surface area contributed by atoms with Crippen molar-refractivity contribution < 1.29 is 14.9 Å². The van der Waals surface area contributed by atoms with Gasteiger partial charge >= 0.3 is 0 Å². The minimum absolute atomic E-state index is 0.299. The lowest BCUT2D eigenvalue weighted by molar-refractivity contribution is -0.254. The zero-order valence-corrected chi connectivity index (χ0v) is 9.17. The van der Waals surface area contributed by atoms with E-state index >= 15 is 0 Å². The molecule has 2 aromatic rings. The molecule has 2 rings (SSSR count). The summed E-state index contributed by atoms with van der Waals surface area (Å²) < 4.78 is 18.2. The fraction of sp³-hybridized carbons (Fsp3) is 0. The van der Waals surface area contributed by atoms with E-state index in [2.05, 4.69) is 5.73 Å². The number of hydrogen-bond donors (Lipinski definition) is 1. The quantitative estimate of drug-likeness (QED) is 0.857. The van der Waals surface area contributed by atoms with Crippen molar-refractivity contribution >= 4 is 17.3 Å². The highest BCUT2D eigenvalue weighted by Crippen LogP contribution is 2.30. The molecular formula is C12H10ClFNO+. The fourth-order valence-corrected chi connectivity index (χ4v) is 1.50. The molecule has 0 aliphatic carbocycles. The molecule has 0 aliphatic rings. The van der Waals surface area contributed by atoms with Crippen LogP contribution in [0.2, 0.25) is 5.02 Å². The monoisotopic (exact) mass is 238 g/mol. The Kier molecular flexibility index (Phi) is 3.08. The van der Waals surface area contributed by atoms with E-state index in [0.717, 1.165) is 5.69 Å². The molecule has 2 nitrogen and oxygen atoms in total. The summed E-state index contributed by atoms with van der Waals surface area (Å²) in [5, 5.41) is 0.483. The average Bonchev–Trinajstić information content (AvgIpc) is 2.25. The predicted octanol–water partition coefficient (Wildman–Crippen LogP) is 3.14. The van der Waals surface area contributed by atoms with Gasteiger partial charge in [0.25, 0.3) is 0 Å². The standard InChI is InChI=1S/C12H9ClFNO/c13-11-7-9(15)3-6-12(11)16-10-4-1-8(14)2-5-10/h1-7H,15H2/p+1. The van der Waals surface area contributed by atoms with Crippen molar-refractivity contribution in [2.24, 2.45) is 0 Å². The smallest absolute Gasteiger partial charge is 0.146 e. The van der Waals surface area contributed by atoms with Crippen molar-refractivity contribution in [3.63, 3.8) is 0 Å². The molecule has 4 heteroatoms. The number of halogens is 2. The fourth-order valence-electron chi connectivity index (χ4n) is 1.26. The van der Waals surface area contributed by atoms with Gasteiger partial charge < -0.3 is 10.5 Å². The summed E-state index contributed by atoms with van der Waals surface area (Å²) in [6.45, 7) is 0. The maximum Gasteiger partial charge on any atom is 0.146 e. The molecule has 0 heterocycles. The summed E-state index contributed by atoms with van der Waals surface area (Å²) in [6.07, 6.45) is 0. The molecule has 16 heavy (non-hydrogen) atoms. The third kappa shape index (κ3) is 2.51. The second-order valence-corrected chi connectivity index (χ2v) is 3.73. The molecule has 3 N–H and O–H groups in total. The minimum Gasteiger partial charge on any atom is -0.456 e. The molecule has 0 atom stereocenters. The van der Waals surface area contributed by atoms with Crippen molar-refractivity contribution in [3.8, 4) is 11.5 Å². The number of rotatable bonds is 2. The molecule has 0 aliphatic heterocycles. The highest BCUT2D eigenvalue weighted by Gasteiger charge is 2.04. The van der Waals surface area contributed by atoms with Crippen LogP contribution >= 0.6 is 11.6 Å². The SMILES string of the molecule is [NH3+]c1ccc(Oc2ccc(F)cc2)c(Cl)c1. The van der Waals surface area contributed by atoms with Gasteiger partial charge in [0.15, 0.2) is 0 Å². The molecule has 0 spiro atoms. The second-order valence-electron chi connectivity index (χ2n) is 3.32. The Morgan fingerprint density at radius 2 is 1.75 bits per heavy atom. The summed E-state index contributed by atoms with van der Waals surface area (Å²) >= 11 is 5.97. The molecule has 0 aromatic heterocycles. The molecular weight excluding hydrogens is 229 g/mol. The molecule has 0 radical (unpaired) electrons. The third-order valence-electron chi connectivity index (χ3n) is 2.04. The third-order valence-corrected chi connectivity index (χ3v) is 2.33. The first-order chi connectivity index (χ1) is 7.65. The van der Waals surface area contributed by atoms with E-state index in [1.807, 2.05) is 0 Å². The summed E-state index contributed by atoms with van der Waals surface area (Å²) in [6, 6.07) is 11.0. The number of benzene rings is 2. The number of hydrogen-bond acceptors (Lipinski definition) is 1. The summed E-state index contributed by atoms with van der Waals surface area (Å²) in [4.78, 5) is 0. The Morgan fingerprint density at radius 3 is 2.38 bits per heavy atom. The summed E-state index contributed by atoms with van der Waals surface area (Å²) in [5.74, 6) is 0.771. The van der Waals surface area contributed by atoms with E-state index in [-0.39, 0.29) is 5.82 Å². The summed E-state index contributed by atoms with van der Waals surface area (Å²) in [7, 11) is 0. The van der Waals surface area contributed by atoms with Gasteiger partial charge in [-0.05, 0) is 30.3 Å². The van der Waals surface area contributed by atoms with Crippen LogP contribution in [0, 0.1) is 5.82 Å². The Bertz CT molecular complexity index is 499. The Labute approximate surface area is 97.4 Å². The van der Waals surface area contributed by atoms with Gasteiger partial charge in [-0.2, -0.15) is 0 Å². The Morgan fingerprint density at radius 1 is 1.06 bits per heavy atom. The molecule has 2 aromatic carbocycles. The van der Waals surface area contributed by atoms with Gasteiger partial charge in [0.2, 0.25) is 0 Å². The molecule has 0 amide bonds. The first-order valence-corrected chi connectivity index (χ1v) is 5.08. The van der Waals surface area contributed by atoms with Crippen LogP contribution in [0.25, 0.3) is 0 Å². The van der Waals surface area contributed by atoms with E-state index in [4.69, 9.17) is 16.3 Å². The molecule has 0 bridgehead atoms. The van der Waals surface area contributed by atoms with Crippen LogP contribution in [-0.4, -0.2) is 0 Å². The van der Waals surface area contributed by atoms with Crippen LogP contribution in [0.3, 0.4) is 0 Å². The Hall–Kier alpha value is -1.58. The average molecular weight is 239 g/mol. The van der Waals surface area contributed by atoms with E-state index in [1.54, 1.807) is 30.3 Å². The van der Waals surface area contributed by atoms with Gasteiger partial charge in [0, 0.05) is 12.1 Å². The lowest BCUT2D eigenvalue weighted by atomic mass is 10.3. The molecule has 0 unspecified atom stereocenters. The van der Waals surface area contributed by atoms with Crippen molar-refractivity contribution in [1.82, 2.24) is 0 Å². The maximum atomic E-state index is 12.7. The predicted molar refractivity (Wildman–Crippen MR) is 60.5 cm³/mol. The van der Waals surface area contributed by atoms with Crippen molar-refractivity contribution in [1.29, 1.82) is 0 Å². The van der Waals surface area contributed by atoms with Gasteiger partial charge in [-0.15, -0.1) is 0 Å². The maximum absolute atomic E-state index is 12.7. The van der Waals surface area contributed by atoms with Crippen LogP contribution < -0.4 is 10.5 Å². The minimum atomic E-state index is -0.299. The largest absolute Gasteiger partial charge is 0.456 e. The van der Waals surface area contributed by atoms with Gasteiger partial charge in [0.1, 0.15) is 23.0 Å². The van der Waals surface area contributed by atoms with E-state index in [1.165, 1.54) is 12.1 Å². The van der Waals surface area contributed by atoms with Crippen LogP contribution in [-0.2, 0) is 0 Å². The summed E-state index contributed by atoms with van der Waals surface area (Å²) in [5.41, 5.74) is 4.57. The first kappa shape index (κ1) is 10.9. The lowest BCUT2D eigenvalue weighted by Crippen LogP contribution is -2.39. The van der Waals surface area contributed by atoms with Gasteiger partial charge in [0.05, 0.1) is 5.02 Å². The van der Waals surface area contributed by atoms with Crippen LogP contribution in [0.5, 0.6) is 11.5 Å². The highest BCUT2D eigenvalue weighted by molar-refractivity contribution is 6.32. The van der Waals surface area contributed by atoms with Crippen molar-refractivity contribution in [2.75, 3.05) is 0 Å². The second kappa shape index (κ2) is 4.51. The lowest BCUT2D eigenvalue weighted by Gasteiger charge is -2.06. The topological polar surface area (TPSA) is 36.9 Å².